The molecule has 3 aromatic rings. The summed E-state index contributed by atoms with van der Waals surface area (Å²) in [5, 5.41) is 9.35. The summed E-state index contributed by atoms with van der Waals surface area (Å²) in [4.78, 5) is 5.48. The number of aromatic nitrogens is 4. The van der Waals surface area contributed by atoms with E-state index in [4.69, 9.17) is 0 Å². The highest BCUT2D eigenvalue weighted by atomic mass is 15.4. The van der Waals surface area contributed by atoms with Gasteiger partial charge in [-0.05, 0) is 24.7 Å². The van der Waals surface area contributed by atoms with Gasteiger partial charge in [-0.1, -0.05) is 17.3 Å². The van der Waals surface area contributed by atoms with Gasteiger partial charge in [-0.15, -0.1) is 5.10 Å². The van der Waals surface area contributed by atoms with Crippen LogP contribution in [0.2, 0.25) is 0 Å². The number of benzene rings is 1. The van der Waals surface area contributed by atoms with E-state index in [9.17, 15) is 0 Å². The summed E-state index contributed by atoms with van der Waals surface area (Å²) < 4.78 is 1.73. The smallest absolute Gasteiger partial charge is 0.0967 e. The van der Waals surface area contributed by atoms with Crippen LogP contribution < -0.4 is 0 Å². The molecule has 0 saturated heterocycles. The summed E-state index contributed by atoms with van der Waals surface area (Å²) in [7, 11) is 3.98. The molecule has 0 aliphatic heterocycles. The first-order valence-electron chi connectivity index (χ1n) is 6.31. The maximum atomic E-state index is 4.11. The van der Waals surface area contributed by atoms with Gasteiger partial charge in [-0.3, -0.25) is 9.58 Å². The molecular formula is C14H17N5. The summed E-state index contributed by atoms with van der Waals surface area (Å²) in [6.07, 6.45) is 3.93. The average molecular weight is 255 g/mol. The van der Waals surface area contributed by atoms with Crippen molar-refractivity contribution < 1.29 is 0 Å². The third kappa shape index (κ3) is 2.51. The number of fused-ring (bicyclic) bond motifs is 1. The fourth-order valence-corrected chi connectivity index (χ4v) is 2.38. The van der Waals surface area contributed by atoms with Crippen LogP contribution in [0.1, 0.15) is 11.3 Å². The Morgan fingerprint density at radius 1 is 1.26 bits per heavy atom. The highest BCUT2D eigenvalue weighted by Gasteiger charge is 2.07. The lowest BCUT2D eigenvalue weighted by molar-refractivity contribution is 0.316. The van der Waals surface area contributed by atoms with Crippen molar-refractivity contribution >= 4 is 10.9 Å². The van der Waals surface area contributed by atoms with Crippen molar-refractivity contribution in [3.8, 4) is 0 Å². The minimum Gasteiger partial charge on any atom is -0.361 e. The minimum absolute atomic E-state index is 0.800. The van der Waals surface area contributed by atoms with E-state index in [1.54, 1.807) is 4.68 Å². The number of rotatable bonds is 4. The Kier molecular flexibility index (Phi) is 3.05. The fraction of sp³-hybridized carbons (Fsp3) is 0.286. The molecule has 0 bridgehead atoms. The normalized spacial score (nSPS) is 11.5. The first-order valence-corrected chi connectivity index (χ1v) is 6.31. The Balaban J connectivity index is 1.75. The monoisotopic (exact) mass is 255 g/mol. The van der Waals surface area contributed by atoms with Crippen LogP contribution in [0.4, 0.5) is 0 Å². The molecule has 0 amide bonds. The highest BCUT2D eigenvalue weighted by Crippen LogP contribution is 2.19. The molecule has 3 rings (SSSR count). The fourth-order valence-electron chi connectivity index (χ4n) is 2.38. The van der Waals surface area contributed by atoms with Gasteiger partial charge in [0.2, 0.25) is 0 Å². The molecule has 0 atom stereocenters. The van der Waals surface area contributed by atoms with Gasteiger partial charge in [-0.2, -0.15) is 0 Å². The summed E-state index contributed by atoms with van der Waals surface area (Å²) >= 11 is 0. The molecule has 1 aromatic carbocycles. The van der Waals surface area contributed by atoms with Crippen molar-refractivity contribution in [2.24, 2.45) is 7.05 Å². The zero-order chi connectivity index (χ0) is 13.2. The number of hydrogen-bond acceptors (Lipinski definition) is 3. The Hall–Kier alpha value is -2.14. The topological polar surface area (TPSA) is 49.7 Å². The van der Waals surface area contributed by atoms with Crippen molar-refractivity contribution in [2.75, 3.05) is 7.05 Å². The van der Waals surface area contributed by atoms with Crippen molar-refractivity contribution in [1.29, 1.82) is 0 Å². The molecule has 5 nitrogen and oxygen atoms in total. The third-order valence-corrected chi connectivity index (χ3v) is 3.21. The second-order valence-electron chi connectivity index (χ2n) is 4.91. The molecule has 0 aliphatic rings. The maximum absolute atomic E-state index is 4.11. The molecule has 2 heterocycles. The predicted molar refractivity (Wildman–Crippen MR) is 74.5 cm³/mol. The van der Waals surface area contributed by atoms with Crippen LogP contribution >= 0.6 is 0 Å². The van der Waals surface area contributed by atoms with Gasteiger partial charge in [0, 0.05) is 43.4 Å². The molecule has 0 radical (unpaired) electrons. The van der Waals surface area contributed by atoms with Crippen LogP contribution in [-0.2, 0) is 20.1 Å². The van der Waals surface area contributed by atoms with Crippen LogP contribution in [0.3, 0.4) is 0 Å². The summed E-state index contributed by atoms with van der Waals surface area (Å²) in [5.41, 5.74) is 3.50. The van der Waals surface area contributed by atoms with E-state index in [1.165, 1.54) is 16.5 Å². The van der Waals surface area contributed by atoms with E-state index in [1.807, 2.05) is 19.4 Å². The Bertz CT molecular complexity index is 682. The van der Waals surface area contributed by atoms with Gasteiger partial charge in [0.05, 0.1) is 5.69 Å². The number of nitrogens with one attached hydrogen (secondary N) is 1. The van der Waals surface area contributed by atoms with Crippen molar-refractivity contribution in [2.45, 2.75) is 13.1 Å². The molecule has 0 aliphatic carbocycles. The van der Waals surface area contributed by atoms with Crippen LogP contribution in [0, 0.1) is 0 Å². The average Bonchev–Trinajstić information content (AvgIpc) is 2.98. The summed E-state index contributed by atoms with van der Waals surface area (Å²) in [6, 6.07) is 8.48. The van der Waals surface area contributed by atoms with Crippen LogP contribution in [0.5, 0.6) is 0 Å². The van der Waals surface area contributed by atoms with E-state index in [-0.39, 0.29) is 0 Å². The number of H-pyrrole nitrogens is 1. The molecule has 0 spiro atoms. The Labute approximate surface area is 111 Å². The van der Waals surface area contributed by atoms with Crippen molar-refractivity contribution in [3.05, 3.63) is 47.9 Å². The number of nitrogens with zero attached hydrogens (tertiary/aromatic N) is 4. The Morgan fingerprint density at radius 2 is 2.16 bits per heavy atom. The quantitative estimate of drug-likeness (QED) is 0.775. The van der Waals surface area contributed by atoms with Gasteiger partial charge in [-0.25, -0.2) is 0 Å². The highest BCUT2D eigenvalue weighted by molar-refractivity contribution is 5.82. The summed E-state index contributed by atoms with van der Waals surface area (Å²) in [5.74, 6) is 0. The lowest BCUT2D eigenvalue weighted by Gasteiger charge is -2.15. The van der Waals surface area contributed by atoms with Crippen LogP contribution in [0.15, 0.2) is 36.7 Å². The first kappa shape index (κ1) is 11.9. The van der Waals surface area contributed by atoms with E-state index in [0.717, 1.165) is 18.8 Å². The number of aryl methyl sites for hydroxylation is 1. The molecular weight excluding hydrogens is 238 g/mol. The van der Waals surface area contributed by atoms with Crippen molar-refractivity contribution in [3.63, 3.8) is 0 Å². The zero-order valence-corrected chi connectivity index (χ0v) is 11.2. The number of hydrogen-bond donors (Lipinski definition) is 1. The predicted octanol–water partition coefficient (Wildman–Crippen LogP) is 1.93. The van der Waals surface area contributed by atoms with Gasteiger partial charge >= 0.3 is 0 Å². The van der Waals surface area contributed by atoms with Gasteiger partial charge in [0.1, 0.15) is 0 Å². The lowest BCUT2D eigenvalue weighted by Crippen LogP contribution is -2.17. The molecule has 2 aromatic heterocycles. The SMILES string of the molecule is CN(Cc1cn(C)nn1)Cc1cccc2[nH]ccc12. The minimum atomic E-state index is 0.800. The molecule has 5 heteroatoms. The van der Waals surface area contributed by atoms with Gasteiger partial charge in [0.25, 0.3) is 0 Å². The molecule has 0 saturated carbocycles. The number of aromatic amines is 1. The van der Waals surface area contributed by atoms with E-state index < -0.39 is 0 Å². The Morgan fingerprint density at radius 3 is 2.95 bits per heavy atom. The molecule has 0 unspecified atom stereocenters. The second kappa shape index (κ2) is 4.85. The summed E-state index contributed by atoms with van der Waals surface area (Å²) in [6.45, 7) is 1.69. The second-order valence-corrected chi connectivity index (χ2v) is 4.91. The lowest BCUT2D eigenvalue weighted by atomic mass is 10.1. The third-order valence-electron chi connectivity index (χ3n) is 3.21. The maximum Gasteiger partial charge on any atom is 0.0967 e. The van der Waals surface area contributed by atoms with Crippen LogP contribution in [0.25, 0.3) is 10.9 Å². The molecule has 98 valence electrons. The van der Waals surface area contributed by atoms with Gasteiger partial charge in [0.15, 0.2) is 0 Å². The molecule has 0 fully saturated rings. The molecule has 1 N–H and O–H groups in total. The van der Waals surface area contributed by atoms with Crippen LogP contribution in [-0.4, -0.2) is 31.9 Å². The van der Waals surface area contributed by atoms with E-state index in [0.29, 0.717) is 0 Å². The van der Waals surface area contributed by atoms with Crippen molar-refractivity contribution in [1.82, 2.24) is 24.9 Å². The van der Waals surface area contributed by atoms with E-state index in [2.05, 4.69) is 51.5 Å². The zero-order valence-electron chi connectivity index (χ0n) is 11.2. The first-order chi connectivity index (χ1) is 9.22. The largest absolute Gasteiger partial charge is 0.361 e. The van der Waals surface area contributed by atoms with E-state index >= 15 is 0 Å². The molecule has 19 heavy (non-hydrogen) atoms. The standard InChI is InChI=1S/C14H17N5/c1-18(9-12-10-19(2)17-16-12)8-11-4-3-5-14-13(11)6-7-15-14/h3-7,10,15H,8-9H2,1-2H3. The van der Waals surface area contributed by atoms with Gasteiger partial charge < -0.3 is 4.98 Å².